The van der Waals surface area contributed by atoms with E-state index in [1.54, 1.807) is 6.07 Å². The molecule has 0 fully saturated rings. The predicted molar refractivity (Wildman–Crippen MR) is 58.5 cm³/mol. The van der Waals surface area contributed by atoms with Crippen molar-refractivity contribution in [1.82, 2.24) is 0 Å². The molecule has 1 heterocycles. The second-order valence-corrected chi connectivity index (χ2v) is 3.89. The standard InChI is InChI=1S/C13H12F2O2/c14-12-2-1-3-13(15)11(12)7-10(16)6-9-4-5-17-8-9/h1-5,8,10,16H,6-7H2. The highest BCUT2D eigenvalue weighted by Gasteiger charge is 2.14. The number of furan rings is 1. The van der Waals surface area contributed by atoms with E-state index in [1.165, 1.54) is 30.7 Å². The minimum atomic E-state index is -0.834. The molecule has 0 spiro atoms. The molecule has 0 aliphatic carbocycles. The van der Waals surface area contributed by atoms with E-state index in [-0.39, 0.29) is 12.0 Å². The molecule has 2 aromatic rings. The van der Waals surface area contributed by atoms with Crippen LogP contribution in [0.4, 0.5) is 8.78 Å². The summed E-state index contributed by atoms with van der Waals surface area (Å²) >= 11 is 0. The molecule has 0 radical (unpaired) electrons. The molecule has 2 nitrogen and oxygen atoms in total. The molecule has 1 aromatic heterocycles. The minimum Gasteiger partial charge on any atom is -0.472 e. The summed E-state index contributed by atoms with van der Waals surface area (Å²) < 4.78 is 31.5. The number of benzene rings is 1. The van der Waals surface area contributed by atoms with Crippen LogP contribution in [-0.2, 0) is 12.8 Å². The molecule has 0 aliphatic rings. The van der Waals surface area contributed by atoms with Crippen LogP contribution in [0, 0.1) is 11.6 Å². The van der Waals surface area contributed by atoms with Crippen LogP contribution in [0.2, 0.25) is 0 Å². The van der Waals surface area contributed by atoms with Gasteiger partial charge in [0.05, 0.1) is 18.6 Å². The summed E-state index contributed by atoms with van der Waals surface area (Å²) in [6.45, 7) is 0. The average molecular weight is 238 g/mol. The molecule has 4 heteroatoms. The van der Waals surface area contributed by atoms with Gasteiger partial charge < -0.3 is 9.52 Å². The van der Waals surface area contributed by atoms with Crippen LogP contribution in [0.5, 0.6) is 0 Å². The Morgan fingerprint density at radius 2 is 1.82 bits per heavy atom. The lowest BCUT2D eigenvalue weighted by molar-refractivity contribution is 0.172. The van der Waals surface area contributed by atoms with Gasteiger partial charge in [-0.15, -0.1) is 0 Å². The molecule has 1 atom stereocenters. The Labute approximate surface area is 97.5 Å². The largest absolute Gasteiger partial charge is 0.472 e. The highest BCUT2D eigenvalue weighted by molar-refractivity contribution is 5.21. The summed E-state index contributed by atoms with van der Waals surface area (Å²) in [5.74, 6) is -1.26. The first kappa shape index (κ1) is 11.8. The quantitative estimate of drug-likeness (QED) is 0.888. The van der Waals surface area contributed by atoms with E-state index < -0.39 is 17.7 Å². The van der Waals surface area contributed by atoms with E-state index in [0.717, 1.165) is 5.56 Å². The van der Waals surface area contributed by atoms with Crippen LogP contribution in [0.15, 0.2) is 41.2 Å². The molecule has 1 aromatic carbocycles. The molecule has 0 bridgehead atoms. The summed E-state index contributed by atoms with van der Waals surface area (Å²) in [5.41, 5.74) is 0.720. The highest BCUT2D eigenvalue weighted by Crippen LogP contribution is 2.16. The third-order valence-electron chi connectivity index (χ3n) is 2.55. The molecule has 1 N–H and O–H groups in total. The third kappa shape index (κ3) is 2.91. The van der Waals surface area contributed by atoms with Crippen molar-refractivity contribution in [2.75, 3.05) is 0 Å². The molecule has 17 heavy (non-hydrogen) atoms. The van der Waals surface area contributed by atoms with Crippen LogP contribution in [0.25, 0.3) is 0 Å². The molecule has 90 valence electrons. The monoisotopic (exact) mass is 238 g/mol. The van der Waals surface area contributed by atoms with Crippen molar-refractivity contribution in [3.05, 3.63) is 59.6 Å². The summed E-state index contributed by atoms with van der Waals surface area (Å²) in [6.07, 6.45) is 2.42. The zero-order chi connectivity index (χ0) is 12.3. The van der Waals surface area contributed by atoms with Crippen LogP contribution in [0.1, 0.15) is 11.1 Å². The van der Waals surface area contributed by atoms with Gasteiger partial charge in [-0.05, 0) is 23.8 Å². The van der Waals surface area contributed by atoms with E-state index >= 15 is 0 Å². The number of hydrogen-bond acceptors (Lipinski definition) is 2. The zero-order valence-corrected chi connectivity index (χ0v) is 9.07. The van der Waals surface area contributed by atoms with Gasteiger partial charge in [-0.1, -0.05) is 6.07 Å². The smallest absolute Gasteiger partial charge is 0.129 e. The lowest BCUT2D eigenvalue weighted by Crippen LogP contribution is -2.15. The second-order valence-electron chi connectivity index (χ2n) is 3.89. The highest BCUT2D eigenvalue weighted by atomic mass is 19.1. The van der Waals surface area contributed by atoms with Gasteiger partial charge in [-0.25, -0.2) is 8.78 Å². The van der Waals surface area contributed by atoms with Crippen molar-refractivity contribution in [3.63, 3.8) is 0 Å². The van der Waals surface area contributed by atoms with Crippen molar-refractivity contribution in [1.29, 1.82) is 0 Å². The van der Waals surface area contributed by atoms with Crippen LogP contribution in [-0.4, -0.2) is 11.2 Å². The SMILES string of the molecule is OC(Cc1ccoc1)Cc1c(F)cccc1F. The van der Waals surface area contributed by atoms with Crippen LogP contribution < -0.4 is 0 Å². The van der Waals surface area contributed by atoms with Gasteiger partial charge in [0.1, 0.15) is 11.6 Å². The Morgan fingerprint density at radius 3 is 2.41 bits per heavy atom. The van der Waals surface area contributed by atoms with E-state index in [0.29, 0.717) is 6.42 Å². The topological polar surface area (TPSA) is 33.4 Å². The molecular formula is C13H12F2O2. The van der Waals surface area contributed by atoms with Crippen LogP contribution >= 0.6 is 0 Å². The summed E-state index contributed by atoms with van der Waals surface area (Å²) in [7, 11) is 0. The van der Waals surface area contributed by atoms with E-state index in [1.807, 2.05) is 0 Å². The van der Waals surface area contributed by atoms with Crippen molar-refractivity contribution in [2.24, 2.45) is 0 Å². The third-order valence-corrected chi connectivity index (χ3v) is 2.55. The predicted octanol–water partition coefficient (Wildman–Crippen LogP) is 2.70. The maximum absolute atomic E-state index is 13.3. The maximum atomic E-state index is 13.3. The van der Waals surface area contributed by atoms with Gasteiger partial charge in [-0.2, -0.15) is 0 Å². The number of hydrogen-bond donors (Lipinski definition) is 1. The fourth-order valence-electron chi connectivity index (χ4n) is 1.72. The van der Waals surface area contributed by atoms with Crippen molar-refractivity contribution in [2.45, 2.75) is 18.9 Å². The zero-order valence-electron chi connectivity index (χ0n) is 9.07. The van der Waals surface area contributed by atoms with E-state index in [4.69, 9.17) is 4.42 Å². The Morgan fingerprint density at radius 1 is 1.12 bits per heavy atom. The lowest BCUT2D eigenvalue weighted by atomic mass is 10.0. The Bertz CT molecular complexity index is 460. The van der Waals surface area contributed by atoms with Crippen molar-refractivity contribution < 1.29 is 18.3 Å². The summed E-state index contributed by atoms with van der Waals surface area (Å²) in [5, 5.41) is 9.75. The molecule has 0 amide bonds. The van der Waals surface area contributed by atoms with Gasteiger partial charge in [0.2, 0.25) is 0 Å². The van der Waals surface area contributed by atoms with Gasteiger partial charge in [0.25, 0.3) is 0 Å². The molecule has 1 unspecified atom stereocenters. The fraction of sp³-hybridized carbons (Fsp3) is 0.231. The van der Waals surface area contributed by atoms with E-state index in [2.05, 4.69) is 0 Å². The summed E-state index contributed by atoms with van der Waals surface area (Å²) in [4.78, 5) is 0. The number of aliphatic hydroxyl groups is 1. The maximum Gasteiger partial charge on any atom is 0.129 e. The number of aliphatic hydroxyl groups excluding tert-OH is 1. The number of rotatable bonds is 4. The first-order valence-electron chi connectivity index (χ1n) is 5.29. The van der Waals surface area contributed by atoms with E-state index in [9.17, 15) is 13.9 Å². The first-order chi connectivity index (χ1) is 8.16. The average Bonchev–Trinajstić information content (AvgIpc) is 2.76. The first-order valence-corrected chi connectivity index (χ1v) is 5.29. The molecule has 0 aliphatic heterocycles. The molecule has 2 rings (SSSR count). The Balaban J connectivity index is 2.05. The normalized spacial score (nSPS) is 12.6. The van der Waals surface area contributed by atoms with Crippen molar-refractivity contribution >= 4 is 0 Å². The van der Waals surface area contributed by atoms with Gasteiger partial charge >= 0.3 is 0 Å². The van der Waals surface area contributed by atoms with Gasteiger partial charge in [-0.3, -0.25) is 0 Å². The Kier molecular flexibility index (Phi) is 3.54. The van der Waals surface area contributed by atoms with Gasteiger partial charge in [0, 0.05) is 18.4 Å². The van der Waals surface area contributed by atoms with Gasteiger partial charge in [0.15, 0.2) is 0 Å². The van der Waals surface area contributed by atoms with Crippen LogP contribution in [0.3, 0.4) is 0 Å². The summed E-state index contributed by atoms with van der Waals surface area (Å²) in [6, 6.07) is 5.38. The Hall–Kier alpha value is -1.68. The fourth-order valence-corrected chi connectivity index (χ4v) is 1.72. The lowest BCUT2D eigenvalue weighted by Gasteiger charge is -2.10. The molecular weight excluding hydrogens is 226 g/mol. The molecule has 0 saturated heterocycles. The van der Waals surface area contributed by atoms with Crippen molar-refractivity contribution in [3.8, 4) is 0 Å². The number of halogens is 2. The minimum absolute atomic E-state index is 0.0519. The second kappa shape index (κ2) is 5.10. The molecule has 0 saturated carbocycles.